The van der Waals surface area contributed by atoms with Crippen molar-refractivity contribution in [2.45, 2.75) is 20.5 Å². The summed E-state index contributed by atoms with van der Waals surface area (Å²) < 4.78 is 7.06. The minimum Gasteiger partial charge on any atom is -0.488 e. The summed E-state index contributed by atoms with van der Waals surface area (Å²) in [4.78, 5) is 14.8. The number of hydrogen-bond donors (Lipinski definition) is 0. The van der Waals surface area contributed by atoms with Crippen molar-refractivity contribution in [3.8, 4) is 5.75 Å². The van der Waals surface area contributed by atoms with E-state index in [0.717, 1.165) is 32.6 Å². The van der Waals surface area contributed by atoms with Crippen LogP contribution in [-0.4, -0.2) is 12.5 Å². The molecule has 3 aromatic rings. The fourth-order valence-corrected chi connectivity index (χ4v) is 3.90. The van der Waals surface area contributed by atoms with Crippen molar-refractivity contribution in [1.29, 1.82) is 0 Å². The first kappa shape index (κ1) is 19.5. The largest absolute Gasteiger partial charge is 0.488 e. The van der Waals surface area contributed by atoms with Crippen LogP contribution in [0.5, 0.6) is 5.75 Å². The molecular weight excluding hydrogens is 426 g/mol. The van der Waals surface area contributed by atoms with E-state index in [0.29, 0.717) is 18.7 Å². The first-order valence-corrected chi connectivity index (χ1v) is 10.5. The molecule has 29 heavy (non-hydrogen) atoms. The second kappa shape index (κ2) is 8.26. The summed E-state index contributed by atoms with van der Waals surface area (Å²) in [6.07, 6.45) is 1.94. The molecule has 146 valence electrons. The standard InChI is InChI=1S/C25H22BrNO2/c1-3-27-23-7-5-4-6-21(23)22(25(27)28)15-19-14-20(26)12-13-24(19)29-16-18-10-8-17(2)9-11-18/h4-15H,3,16H2,1-2H3/b22-15-. The molecule has 3 nitrogen and oxygen atoms in total. The number of halogens is 1. The van der Waals surface area contributed by atoms with Crippen LogP contribution in [0.25, 0.3) is 11.6 Å². The minimum absolute atomic E-state index is 0.0261. The summed E-state index contributed by atoms with van der Waals surface area (Å²) in [5, 5.41) is 0. The molecule has 0 aliphatic carbocycles. The van der Waals surface area contributed by atoms with E-state index in [4.69, 9.17) is 4.74 Å². The fraction of sp³-hybridized carbons (Fsp3) is 0.160. The van der Waals surface area contributed by atoms with Crippen molar-refractivity contribution >= 4 is 39.2 Å². The van der Waals surface area contributed by atoms with Crippen LogP contribution in [0.3, 0.4) is 0 Å². The summed E-state index contributed by atoms with van der Waals surface area (Å²) in [6, 6.07) is 22.1. The third-order valence-electron chi connectivity index (χ3n) is 5.06. The van der Waals surface area contributed by atoms with Crippen molar-refractivity contribution in [3.05, 3.63) is 93.5 Å². The van der Waals surface area contributed by atoms with E-state index in [1.165, 1.54) is 5.56 Å². The van der Waals surface area contributed by atoms with Gasteiger partial charge in [-0.25, -0.2) is 0 Å². The maximum Gasteiger partial charge on any atom is 0.258 e. The summed E-state index contributed by atoms with van der Waals surface area (Å²) in [7, 11) is 0. The summed E-state index contributed by atoms with van der Waals surface area (Å²) in [5.41, 5.74) is 5.83. The number of ether oxygens (including phenoxy) is 1. The monoisotopic (exact) mass is 447 g/mol. The van der Waals surface area contributed by atoms with Gasteiger partial charge in [0.1, 0.15) is 12.4 Å². The van der Waals surface area contributed by atoms with Gasteiger partial charge in [-0.05, 0) is 49.8 Å². The molecule has 3 aromatic carbocycles. The Balaban J connectivity index is 1.69. The van der Waals surface area contributed by atoms with Gasteiger partial charge in [-0.2, -0.15) is 0 Å². The highest BCUT2D eigenvalue weighted by Gasteiger charge is 2.31. The van der Waals surface area contributed by atoms with E-state index in [-0.39, 0.29) is 5.91 Å². The number of hydrogen-bond acceptors (Lipinski definition) is 2. The number of nitrogens with zero attached hydrogens (tertiary/aromatic N) is 1. The first-order chi connectivity index (χ1) is 14.1. The molecule has 1 aliphatic rings. The van der Waals surface area contributed by atoms with Gasteiger partial charge in [-0.1, -0.05) is 64.0 Å². The predicted molar refractivity (Wildman–Crippen MR) is 122 cm³/mol. The van der Waals surface area contributed by atoms with Gasteiger partial charge in [0.05, 0.1) is 5.69 Å². The molecule has 0 atom stereocenters. The second-order valence-electron chi connectivity index (χ2n) is 7.08. The predicted octanol–water partition coefficient (Wildman–Crippen LogP) is 6.24. The lowest BCUT2D eigenvalue weighted by Crippen LogP contribution is -2.25. The topological polar surface area (TPSA) is 29.5 Å². The zero-order chi connectivity index (χ0) is 20.4. The highest BCUT2D eigenvalue weighted by atomic mass is 79.9. The third kappa shape index (κ3) is 3.99. The molecule has 1 heterocycles. The number of para-hydroxylation sites is 1. The lowest BCUT2D eigenvalue weighted by molar-refractivity contribution is -0.112. The van der Waals surface area contributed by atoms with Gasteiger partial charge in [0.15, 0.2) is 0 Å². The molecule has 0 N–H and O–H groups in total. The fourth-order valence-electron chi connectivity index (χ4n) is 3.52. The highest BCUT2D eigenvalue weighted by Crippen LogP contribution is 2.38. The molecule has 0 unspecified atom stereocenters. The molecular formula is C25H22BrNO2. The van der Waals surface area contributed by atoms with Crippen LogP contribution >= 0.6 is 15.9 Å². The molecule has 0 radical (unpaired) electrons. The molecule has 0 saturated heterocycles. The number of likely N-dealkylation sites (N-methyl/N-ethyl adjacent to an activating group) is 1. The first-order valence-electron chi connectivity index (χ1n) is 9.67. The number of carbonyl (C=O) groups excluding carboxylic acids is 1. The molecule has 4 heteroatoms. The van der Waals surface area contributed by atoms with Gasteiger partial charge < -0.3 is 9.64 Å². The van der Waals surface area contributed by atoms with E-state index in [9.17, 15) is 4.79 Å². The SMILES string of the molecule is CCN1C(=O)/C(=C\c2cc(Br)ccc2OCc2ccc(C)cc2)c2ccccc21. The van der Waals surface area contributed by atoms with Crippen LogP contribution in [0, 0.1) is 6.92 Å². The van der Waals surface area contributed by atoms with Gasteiger partial charge in [0, 0.05) is 27.7 Å². The van der Waals surface area contributed by atoms with Gasteiger partial charge in [0.25, 0.3) is 5.91 Å². The number of benzene rings is 3. The van der Waals surface area contributed by atoms with Gasteiger partial charge in [-0.15, -0.1) is 0 Å². The smallest absolute Gasteiger partial charge is 0.258 e. The van der Waals surface area contributed by atoms with Gasteiger partial charge in [-0.3, -0.25) is 4.79 Å². The molecule has 4 rings (SSSR count). The second-order valence-corrected chi connectivity index (χ2v) is 8.00. The van der Waals surface area contributed by atoms with Crippen molar-refractivity contribution in [2.24, 2.45) is 0 Å². The van der Waals surface area contributed by atoms with Crippen LogP contribution in [0.2, 0.25) is 0 Å². The lowest BCUT2D eigenvalue weighted by Gasteiger charge is -2.13. The number of aryl methyl sites for hydroxylation is 1. The van der Waals surface area contributed by atoms with Crippen LogP contribution in [0.15, 0.2) is 71.2 Å². The molecule has 0 aromatic heterocycles. The van der Waals surface area contributed by atoms with Crippen LogP contribution in [-0.2, 0) is 11.4 Å². The summed E-state index contributed by atoms with van der Waals surface area (Å²) in [5.74, 6) is 0.777. The number of fused-ring (bicyclic) bond motifs is 1. The van der Waals surface area contributed by atoms with Crippen LogP contribution in [0.4, 0.5) is 5.69 Å². The number of amides is 1. The zero-order valence-corrected chi connectivity index (χ0v) is 18.1. The Morgan fingerprint density at radius 2 is 1.79 bits per heavy atom. The lowest BCUT2D eigenvalue weighted by atomic mass is 10.0. The normalized spacial score (nSPS) is 14.4. The van der Waals surface area contributed by atoms with Gasteiger partial charge in [0.2, 0.25) is 0 Å². The number of anilines is 1. The van der Waals surface area contributed by atoms with Crippen molar-refractivity contribution in [3.63, 3.8) is 0 Å². The van der Waals surface area contributed by atoms with Gasteiger partial charge >= 0.3 is 0 Å². The van der Waals surface area contributed by atoms with Crippen LogP contribution in [0.1, 0.15) is 29.2 Å². The Morgan fingerprint density at radius 3 is 2.55 bits per heavy atom. The number of rotatable bonds is 5. The average Bonchev–Trinajstić information content (AvgIpc) is 2.99. The van der Waals surface area contributed by atoms with E-state index in [2.05, 4.69) is 47.1 Å². The maximum atomic E-state index is 13.0. The molecule has 0 bridgehead atoms. The Morgan fingerprint density at radius 1 is 1.03 bits per heavy atom. The third-order valence-corrected chi connectivity index (χ3v) is 5.56. The molecule has 1 amide bonds. The van der Waals surface area contributed by atoms with E-state index < -0.39 is 0 Å². The highest BCUT2D eigenvalue weighted by molar-refractivity contribution is 9.10. The Kier molecular flexibility index (Phi) is 5.54. The van der Waals surface area contributed by atoms with E-state index in [1.807, 2.05) is 60.4 Å². The summed E-state index contributed by atoms with van der Waals surface area (Å²) >= 11 is 3.54. The quantitative estimate of drug-likeness (QED) is 0.432. The molecule has 0 spiro atoms. The zero-order valence-electron chi connectivity index (χ0n) is 16.5. The van der Waals surface area contributed by atoms with E-state index in [1.54, 1.807) is 0 Å². The van der Waals surface area contributed by atoms with Crippen molar-refractivity contribution < 1.29 is 9.53 Å². The number of carbonyl (C=O) groups is 1. The van der Waals surface area contributed by atoms with Crippen LogP contribution < -0.4 is 9.64 Å². The molecule has 0 saturated carbocycles. The Bertz CT molecular complexity index is 1090. The Hall–Kier alpha value is -2.85. The van der Waals surface area contributed by atoms with E-state index >= 15 is 0 Å². The molecule has 1 aliphatic heterocycles. The Labute approximate surface area is 179 Å². The minimum atomic E-state index is 0.0261. The molecule has 0 fully saturated rings. The van der Waals surface area contributed by atoms with Crippen molar-refractivity contribution in [1.82, 2.24) is 0 Å². The average molecular weight is 448 g/mol. The summed E-state index contributed by atoms with van der Waals surface area (Å²) in [6.45, 7) is 5.18. The maximum absolute atomic E-state index is 13.0. The van der Waals surface area contributed by atoms with Crippen molar-refractivity contribution in [2.75, 3.05) is 11.4 Å².